The number of halogens is 1. The highest BCUT2D eigenvalue weighted by Crippen LogP contribution is 2.46. The maximum absolute atomic E-state index is 14.1. The summed E-state index contributed by atoms with van der Waals surface area (Å²) in [6, 6.07) is 5.66. The van der Waals surface area contributed by atoms with Gasteiger partial charge >= 0.3 is 0 Å². The molecule has 4 rings (SSSR count). The first kappa shape index (κ1) is 28.7. The van der Waals surface area contributed by atoms with Gasteiger partial charge in [0.25, 0.3) is 0 Å². The van der Waals surface area contributed by atoms with Crippen LogP contribution in [0.15, 0.2) is 24.3 Å². The van der Waals surface area contributed by atoms with Crippen LogP contribution in [0.25, 0.3) is 0 Å². The molecular weight excluding hydrogens is 501 g/mol. The van der Waals surface area contributed by atoms with Crippen LogP contribution >= 0.6 is 0 Å². The van der Waals surface area contributed by atoms with Crippen LogP contribution in [0, 0.1) is 17.3 Å². The molecule has 39 heavy (non-hydrogen) atoms. The summed E-state index contributed by atoms with van der Waals surface area (Å²) in [5.41, 5.74) is 0.00272. The lowest BCUT2D eigenvalue weighted by Gasteiger charge is -2.33. The molecule has 1 aliphatic carbocycles. The summed E-state index contributed by atoms with van der Waals surface area (Å²) >= 11 is 0. The lowest BCUT2D eigenvalue weighted by Crippen LogP contribution is -2.59. The molecule has 0 radical (unpaired) electrons. The average Bonchev–Trinajstić information content (AvgIpc) is 3.33. The molecule has 1 saturated heterocycles. The molecule has 212 valence electrons. The first-order chi connectivity index (χ1) is 18.2. The van der Waals surface area contributed by atoms with E-state index in [1.54, 1.807) is 16.5 Å². The minimum Gasteiger partial charge on any atom is -0.343 e. The molecule has 1 aromatic rings. The van der Waals surface area contributed by atoms with Crippen molar-refractivity contribution in [3.63, 3.8) is 0 Å². The van der Waals surface area contributed by atoms with Gasteiger partial charge < -0.3 is 16.0 Å². The van der Waals surface area contributed by atoms with Crippen molar-refractivity contribution in [2.24, 2.45) is 17.3 Å². The number of hydrogen-bond donors (Lipinski definition) is 3. The SMILES string of the molecule is C=[N+](C)[C@@H]1C[C@@]2(CN1C(=O)[C@H](CC(C)C)NC(=O)[C@@H](NC(=O)C1CC1F)C(C)(C)C)C(=O)Nc1ccccc12. The molecule has 1 spiro atoms. The second kappa shape index (κ2) is 10.4. The summed E-state index contributed by atoms with van der Waals surface area (Å²) in [5, 5.41) is 8.57. The Morgan fingerprint density at radius 3 is 2.44 bits per heavy atom. The second-order valence-electron chi connectivity index (χ2n) is 12.8. The number of fused-ring (bicyclic) bond motifs is 2. The first-order valence-electron chi connectivity index (χ1n) is 13.7. The van der Waals surface area contributed by atoms with Gasteiger partial charge in [-0.3, -0.25) is 24.1 Å². The predicted octanol–water partition coefficient (Wildman–Crippen LogP) is 2.20. The molecule has 2 heterocycles. The Kier molecular flexibility index (Phi) is 7.62. The maximum atomic E-state index is 14.1. The molecular formula is C29H41FN5O4+. The molecule has 1 saturated carbocycles. The smallest absolute Gasteiger partial charge is 0.250 e. The number of nitrogens with zero attached hydrogens (tertiary/aromatic N) is 2. The summed E-state index contributed by atoms with van der Waals surface area (Å²) in [6.45, 7) is 13.5. The van der Waals surface area contributed by atoms with Crippen molar-refractivity contribution >= 4 is 36.0 Å². The van der Waals surface area contributed by atoms with E-state index >= 15 is 0 Å². The topological polar surface area (TPSA) is 111 Å². The summed E-state index contributed by atoms with van der Waals surface area (Å²) in [6.07, 6.45) is -0.746. The number of alkyl halides is 1. The fraction of sp³-hybridized carbons (Fsp3) is 0.621. The van der Waals surface area contributed by atoms with E-state index in [0.29, 0.717) is 12.8 Å². The molecule has 1 aromatic carbocycles. The molecule has 3 aliphatic rings. The van der Waals surface area contributed by atoms with Crippen molar-refractivity contribution < 1.29 is 28.1 Å². The van der Waals surface area contributed by atoms with Crippen LogP contribution in [0.4, 0.5) is 10.1 Å². The Bertz CT molecular complexity index is 1190. The van der Waals surface area contributed by atoms with Crippen LogP contribution in [-0.2, 0) is 24.6 Å². The number of carbonyl (C=O) groups is 4. The normalized spacial score (nSPS) is 27.1. The lowest BCUT2D eigenvalue weighted by atomic mass is 9.80. The van der Waals surface area contributed by atoms with Crippen molar-refractivity contribution in [3.8, 4) is 0 Å². The van der Waals surface area contributed by atoms with Crippen LogP contribution < -0.4 is 16.0 Å². The van der Waals surface area contributed by atoms with Crippen molar-refractivity contribution in [2.75, 3.05) is 18.9 Å². The average molecular weight is 543 g/mol. The zero-order chi connectivity index (χ0) is 28.9. The number of para-hydroxylation sites is 1. The predicted molar refractivity (Wildman–Crippen MR) is 146 cm³/mol. The highest BCUT2D eigenvalue weighted by molar-refractivity contribution is 6.07. The van der Waals surface area contributed by atoms with Crippen molar-refractivity contribution in [2.45, 2.75) is 83.7 Å². The van der Waals surface area contributed by atoms with Crippen molar-refractivity contribution in [3.05, 3.63) is 29.8 Å². The minimum atomic E-state index is -1.18. The van der Waals surface area contributed by atoms with Gasteiger partial charge in [-0.1, -0.05) is 52.8 Å². The fourth-order valence-electron chi connectivity index (χ4n) is 5.74. The van der Waals surface area contributed by atoms with Crippen LogP contribution in [0.3, 0.4) is 0 Å². The summed E-state index contributed by atoms with van der Waals surface area (Å²) in [7, 11) is 1.76. The number of benzene rings is 1. The maximum Gasteiger partial charge on any atom is 0.250 e. The Morgan fingerprint density at radius 1 is 1.23 bits per heavy atom. The highest BCUT2D eigenvalue weighted by Gasteiger charge is 2.59. The number of carbonyl (C=O) groups excluding carboxylic acids is 4. The molecule has 2 aliphatic heterocycles. The summed E-state index contributed by atoms with van der Waals surface area (Å²) < 4.78 is 15.2. The standard InChI is InChI=1S/C29H40FN5O4/c1-16(2)12-21(31-25(37)23(28(3,4)5)33-24(36)17-13-19(17)30)26(38)35-15-29(14-22(35)34(6)7)18-10-8-9-11-20(18)32-27(29)39/h8-11,16-17,19,21-23H,6,12-15H2,1-5,7H3,(H2-,31,32,33,36,37,39)/p+1/t17?,19?,21-,22-,23+,29-/m0/s1. The van der Waals surface area contributed by atoms with Gasteiger partial charge in [0.15, 0.2) is 0 Å². The van der Waals surface area contributed by atoms with Gasteiger partial charge in [0.1, 0.15) is 37.4 Å². The van der Waals surface area contributed by atoms with Gasteiger partial charge in [-0.15, -0.1) is 0 Å². The monoisotopic (exact) mass is 542 g/mol. The molecule has 2 unspecified atom stereocenters. The van der Waals surface area contributed by atoms with E-state index < -0.39 is 53.0 Å². The van der Waals surface area contributed by atoms with Gasteiger partial charge in [-0.2, -0.15) is 0 Å². The largest absolute Gasteiger partial charge is 0.343 e. The third-order valence-electron chi connectivity index (χ3n) is 8.03. The molecule has 3 N–H and O–H groups in total. The lowest BCUT2D eigenvalue weighted by molar-refractivity contribution is -0.549. The van der Waals surface area contributed by atoms with E-state index in [1.807, 2.05) is 58.9 Å². The third-order valence-corrected chi connectivity index (χ3v) is 8.03. The van der Waals surface area contributed by atoms with Gasteiger partial charge in [-0.05, 0) is 35.8 Å². The number of amides is 4. The van der Waals surface area contributed by atoms with E-state index in [0.717, 1.165) is 11.3 Å². The van der Waals surface area contributed by atoms with E-state index in [9.17, 15) is 23.6 Å². The van der Waals surface area contributed by atoms with E-state index in [4.69, 9.17) is 0 Å². The Labute approximate surface area is 229 Å². The number of nitrogens with one attached hydrogen (secondary N) is 3. The molecule has 0 bridgehead atoms. The Balaban J connectivity index is 1.60. The second-order valence-corrected chi connectivity index (χ2v) is 12.8. The molecule has 9 nitrogen and oxygen atoms in total. The van der Waals surface area contributed by atoms with E-state index in [-0.39, 0.29) is 30.7 Å². The Hall–Kier alpha value is -3.30. The molecule has 2 fully saturated rings. The van der Waals surface area contributed by atoms with Gasteiger partial charge in [0.05, 0.1) is 12.3 Å². The molecule has 10 heteroatoms. The van der Waals surface area contributed by atoms with Crippen LogP contribution in [0.2, 0.25) is 0 Å². The summed E-state index contributed by atoms with van der Waals surface area (Å²) in [5.74, 6) is -2.11. The first-order valence-corrected chi connectivity index (χ1v) is 13.7. The number of hydrogen-bond acceptors (Lipinski definition) is 4. The van der Waals surface area contributed by atoms with Gasteiger partial charge in [0.2, 0.25) is 29.8 Å². The van der Waals surface area contributed by atoms with E-state index in [2.05, 4.69) is 22.7 Å². The van der Waals surface area contributed by atoms with Crippen molar-refractivity contribution in [1.82, 2.24) is 15.5 Å². The number of anilines is 1. The van der Waals surface area contributed by atoms with Crippen LogP contribution in [0.5, 0.6) is 0 Å². The van der Waals surface area contributed by atoms with Gasteiger partial charge in [0, 0.05) is 12.2 Å². The summed E-state index contributed by atoms with van der Waals surface area (Å²) in [4.78, 5) is 55.1. The number of likely N-dealkylation sites (tertiary alicyclic amines) is 1. The number of rotatable bonds is 8. The minimum absolute atomic E-state index is 0.0729. The Morgan fingerprint density at radius 2 is 1.87 bits per heavy atom. The van der Waals surface area contributed by atoms with Crippen LogP contribution in [-0.4, -0.2) is 77.8 Å². The van der Waals surface area contributed by atoms with Crippen LogP contribution in [0.1, 0.15) is 59.4 Å². The molecule has 4 amide bonds. The molecule has 0 aromatic heterocycles. The van der Waals surface area contributed by atoms with Gasteiger partial charge in [-0.25, -0.2) is 8.97 Å². The fourth-order valence-corrected chi connectivity index (χ4v) is 5.74. The zero-order valence-corrected chi connectivity index (χ0v) is 23.7. The third kappa shape index (κ3) is 5.56. The zero-order valence-electron chi connectivity index (χ0n) is 23.7. The quantitative estimate of drug-likeness (QED) is 0.346. The highest BCUT2D eigenvalue weighted by atomic mass is 19.1. The molecule has 6 atom stereocenters. The van der Waals surface area contributed by atoms with Crippen molar-refractivity contribution in [1.29, 1.82) is 0 Å². The van der Waals surface area contributed by atoms with E-state index in [1.165, 1.54) is 0 Å².